The molecule has 1 fully saturated rings. The van der Waals surface area contributed by atoms with Crippen molar-refractivity contribution in [3.8, 4) is 0 Å². The van der Waals surface area contributed by atoms with Gasteiger partial charge in [-0.05, 0) is 37.2 Å². The van der Waals surface area contributed by atoms with Crippen LogP contribution in [0.15, 0.2) is 6.33 Å². The summed E-state index contributed by atoms with van der Waals surface area (Å²) in [5, 5.41) is 4.79. The first-order chi connectivity index (χ1) is 9.25. The van der Waals surface area contributed by atoms with Gasteiger partial charge < -0.3 is 5.32 Å². The molecule has 3 rings (SSSR count). The lowest BCUT2D eigenvalue weighted by Gasteiger charge is -2.27. The number of rotatable bonds is 3. The van der Waals surface area contributed by atoms with E-state index in [2.05, 4.69) is 19.7 Å². The van der Waals surface area contributed by atoms with E-state index in [9.17, 15) is 0 Å². The smallest absolute Gasteiger partial charge is 0.149 e. The van der Waals surface area contributed by atoms with Crippen molar-refractivity contribution in [3.63, 3.8) is 0 Å². The molecule has 1 aliphatic rings. The summed E-state index contributed by atoms with van der Waals surface area (Å²) in [5.41, 5.74) is 0.995. The zero-order chi connectivity index (χ0) is 13.2. The van der Waals surface area contributed by atoms with Gasteiger partial charge in [0.05, 0.1) is 11.1 Å². The van der Waals surface area contributed by atoms with E-state index in [0.29, 0.717) is 11.3 Å². The average molecular weight is 297 g/mol. The summed E-state index contributed by atoms with van der Waals surface area (Å²) < 4.78 is 4.34. The maximum Gasteiger partial charge on any atom is 0.149 e. The van der Waals surface area contributed by atoms with Crippen LogP contribution in [-0.2, 0) is 0 Å². The Morgan fingerprint density at radius 3 is 3.05 bits per heavy atom. The van der Waals surface area contributed by atoms with E-state index >= 15 is 0 Å². The van der Waals surface area contributed by atoms with Crippen molar-refractivity contribution >= 4 is 39.2 Å². The van der Waals surface area contributed by atoms with Crippen molar-refractivity contribution in [3.05, 3.63) is 12.0 Å². The Bertz CT molecular complexity index is 571. The van der Waals surface area contributed by atoms with E-state index in [-0.39, 0.29) is 0 Å². The Kier molecular flexibility index (Phi) is 3.84. The number of hydrogen-bond donors (Lipinski definition) is 1. The SMILES string of the molecule is Cc1nsc2ncnc(NCC3CCCCC3Cl)c12. The lowest BCUT2D eigenvalue weighted by atomic mass is 9.89. The molecule has 1 N–H and O–H groups in total. The van der Waals surface area contributed by atoms with Gasteiger partial charge in [-0.15, -0.1) is 11.6 Å². The highest BCUT2D eigenvalue weighted by molar-refractivity contribution is 7.13. The number of alkyl halides is 1. The summed E-state index contributed by atoms with van der Waals surface area (Å²) in [5.74, 6) is 1.43. The molecule has 1 aliphatic carbocycles. The van der Waals surface area contributed by atoms with Crippen LogP contribution in [0, 0.1) is 12.8 Å². The number of aryl methyl sites for hydroxylation is 1. The predicted molar refractivity (Wildman–Crippen MR) is 80.0 cm³/mol. The van der Waals surface area contributed by atoms with Gasteiger partial charge in [0.1, 0.15) is 17.0 Å². The molecule has 2 heterocycles. The molecule has 0 aliphatic heterocycles. The molecule has 1 saturated carbocycles. The van der Waals surface area contributed by atoms with E-state index in [1.54, 1.807) is 6.33 Å². The fourth-order valence-electron chi connectivity index (χ4n) is 2.68. The highest BCUT2D eigenvalue weighted by Crippen LogP contribution is 2.30. The number of hydrogen-bond acceptors (Lipinski definition) is 5. The summed E-state index contributed by atoms with van der Waals surface area (Å²) in [6.45, 7) is 2.88. The second-order valence-corrected chi connectivity index (χ2v) is 6.42. The summed E-state index contributed by atoms with van der Waals surface area (Å²) in [7, 11) is 0. The number of anilines is 1. The second-order valence-electron chi connectivity index (χ2n) is 5.11. The third-order valence-electron chi connectivity index (χ3n) is 3.79. The molecule has 0 aromatic carbocycles. The molecule has 2 aromatic rings. The highest BCUT2D eigenvalue weighted by atomic mass is 35.5. The van der Waals surface area contributed by atoms with Crippen molar-refractivity contribution in [1.29, 1.82) is 0 Å². The number of fused-ring (bicyclic) bond motifs is 1. The summed E-state index contributed by atoms with van der Waals surface area (Å²) in [4.78, 5) is 9.55. The first-order valence-electron chi connectivity index (χ1n) is 6.70. The van der Waals surface area contributed by atoms with E-state index in [4.69, 9.17) is 11.6 Å². The summed E-state index contributed by atoms with van der Waals surface area (Å²) in [6, 6.07) is 0. The molecule has 0 amide bonds. The molecule has 2 atom stereocenters. The average Bonchev–Trinajstić information content (AvgIpc) is 2.80. The van der Waals surface area contributed by atoms with Gasteiger partial charge in [-0.25, -0.2) is 9.97 Å². The Hall–Kier alpha value is -0.940. The van der Waals surface area contributed by atoms with Crippen molar-refractivity contribution in [2.75, 3.05) is 11.9 Å². The van der Waals surface area contributed by atoms with Crippen molar-refractivity contribution in [1.82, 2.24) is 14.3 Å². The van der Waals surface area contributed by atoms with Crippen LogP contribution in [-0.4, -0.2) is 26.3 Å². The topological polar surface area (TPSA) is 50.7 Å². The van der Waals surface area contributed by atoms with Crippen LogP contribution in [0.25, 0.3) is 10.2 Å². The zero-order valence-electron chi connectivity index (χ0n) is 10.9. The first kappa shape index (κ1) is 13.1. The molecule has 0 spiro atoms. The van der Waals surface area contributed by atoms with Gasteiger partial charge in [0, 0.05) is 11.9 Å². The Morgan fingerprint density at radius 2 is 2.21 bits per heavy atom. The third-order valence-corrected chi connectivity index (χ3v) is 5.21. The lowest BCUT2D eigenvalue weighted by molar-refractivity contribution is 0.380. The van der Waals surface area contributed by atoms with Gasteiger partial charge in [0.2, 0.25) is 0 Å². The molecule has 2 unspecified atom stereocenters. The molecule has 0 bridgehead atoms. The van der Waals surface area contributed by atoms with E-state index in [1.807, 2.05) is 6.92 Å². The Labute approximate surface area is 121 Å². The van der Waals surface area contributed by atoms with Crippen LogP contribution in [0.3, 0.4) is 0 Å². The molecule has 2 aromatic heterocycles. The van der Waals surface area contributed by atoms with Gasteiger partial charge >= 0.3 is 0 Å². The minimum absolute atomic E-state index is 0.292. The van der Waals surface area contributed by atoms with Gasteiger partial charge in [-0.3, -0.25) is 0 Å². The van der Waals surface area contributed by atoms with E-state index < -0.39 is 0 Å². The van der Waals surface area contributed by atoms with Crippen LogP contribution in [0.5, 0.6) is 0 Å². The predicted octanol–water partition coefficient (Wildman–Crippen LogP) is 3.60. The fraction of sp³-hybridized carbons (Fsp3) is 0.615. The minimum Gasteiger partial charge on any atom is -0.369 e. The number of nitrogens with zero attached hydrogens (tertiary/aromatic N) is 3. The van der Waals surface area contributed by atoms with Gasteiger partial charge in [0.15, 0.2) is 0 Å². The van der Waals surface area contributed by atoms with E-state index in [1.165, 1.54) is 30.8 Å². The van der Waals surface area contributed by atoms with Crippen molar-refractivity contribution < 1.29 is 0 Å². The quantitative estimate of drug-likeness (QED) is 0.879. The lowest BCUT2D eigenvalue weighted by Crippen LogP contribution is -2.27. The van der Waals surface area contributed by atoms with Crippen LogP contribution in [0.2, 0.25) is 0 Å². The molecule has 19 heavy (non-hydrogen) atoms. The summed E-state index contributed by atoms with van der Waals surface area (Å²) in [6.07, 6.45) is 6.48. The normalized spacial score (nSPS) is 23.7. The Morgan fingerprint density at radius 1 is 1.37 bits per heavy atom. The van der Waals surface area contributed by atoms with Crippen molar-refractivity contribution in [2.45, 2.75) is 38.0 Å². The molecule has 4 nitrogen and oxygen atoms in total. The molecule has 0 radical (unpaired) electrons. The van der Waals surface area contributed by atoms with Crippen LogP contribution < -0.4 is 5.32 Å². The fourth-order valence-corrected chi connectivity index (χ4v) is 3.79. The molecule has 102 valence electrons. The molecule has 6 heteroatoms. The maximum atomic E-state index is 6.39. The number of aromatic nitrogens is 3. The maximum absolute atomic E-state index is 6.39. The number of halogens is 1. The largest absolute Gasteiger partial charge is 0.369 e. The van der Waals surface area contributed by atoms with Crippen LogP contribution >= 0.6 is 23.1 Å². The second kappa shape index (κ2) is 5.59. The van der Waals surface area contributed by atoms with Crippen LogP contribution in [0.4, 0.5) is 5.82 Å². The van der Waals surface area contributed by atoms with Gasteiger partial charge in [-0.1, -0.05) is 12.8 Å². The van der Waals surface area contributed by atoms with Crippen molar-refractivity contribution in [2.24, 2.45) is 5.92 Å². The summed E-state index contributed by atoms with van der Waals surface area (Å²) >= 11 is 7.82. The minimum atomic E-state index is 0.292. The van der Waals surface area contributed by atoms with Gasteiger partial charge in [0.25, 0.3) is 0 Å². The standard InChI is InChI=1S/C13H17ClN4S/c1-8-11-12(16-7-17-13(11)19-18-8)15-6-9-4-2-3-5-10(9)14/h7,9-10H,2-6H2,1H3,(H,15,16,17). The molecular weight excluding hydrogens is 280 g/mol. The third kappa shape index (κ3) is 2.67. The molecule has 0 saturated heterocycles. The first-order valence-corrected chi connectivity index (χ1v) is 7.91. The molecular formula is C13H17ClN4S. The van der Waals surface area contributed by atoms with Gasteiger partial charge in [-0.2, -0.15) is 4.37 Å². The monoisotopic (exact) mass is 296 g/mol. The number of nitrogens with one attached hydrogen (secondary N) is 1. The van der Waals surface area contributed by atoms with Crippen LogP contribution in [0.1, 0.15) is 31.4 Å². The zero-order valence-corrected chi connectivity index (χ0v) is 12.5. The van der Waals surface area contributed by atoms with E-state index in [0.717, 1.165) is 34.7 Å². The highest BCUT2D eigenvalue weighted by Gasteiger charge is 2.23. The Balaban J connectivity index is 1.76.